The zero-order chi connectivity index (χ0) is 13.9. The zero-order valence-electron chi connectivity index (χ0n) is 12.0. The Morgan fingerprint density at radius 3 is 2.90 bits per heavy atom. The van der Waals surface area contributed by atoms with Crippen molar-refractivity contribution >= 4 is 22.5 Å². The highest BCUT2D eigenvalue weighted by Gasteiger charge is 2.24. The van der Waals surface area contributed by atoms with Gasteiger partial charge < -0.3 is 0 Å². The van der Waals surface area contributed by atoms with Crippen molar-refractivity contribution in [1.82, 2.24) is 9.88 Å². The van der Waals surface area contributed by atoms with E-state index in [1.165, 1.54) is 36.8 Å². The van der Waals surface area contributed by atoms with Gasteiger partial charge in [-0.2, -0.15) is 0 Å². The van der Waals surface area contributed by atoms with Gasteiger partial charge in [-0.25, -0.2) is 0 Å². The minimum Gasteiger partial charge on any atom is -0.299 e. The smallest absolute Gasteiger partial charge is 0.0761 e. The molecule has 0 amide bonds. The first-order valence-corrected chi connectivity index (χ1v) is 7.90. The Kier molecular flexibility index (Phi) is 4.23. The van der Waals surface area contributed by atoms with Crippen LogP contribution in [0.2, 0.25) is 5.02 Å². The first kappa shape index (κ1) is 13.8. The summed E-state index contributed by atoms with van der Waals surface area (Å²) in [6.07, 6.45) is 5.82. The number of halogens is 1. The number of benzene rings is 1. The average molecular weight is 289 g/mol. The molecule has 0 spiro atoms. The van der Waals surface area contributed by atoms with Crippen molar-refractivity contribution in [2.45, 2.75) is 32.7 Å². The Balaban J connectivity index is 1.89. The first-order chi connectivity index (χ1) is 9.78. The molecule has 1 aliphatic rings. The number of nitrogens with zero attached hydrogens (tertiary/aromatic N) is 2. The van der Waals surface area contributed by atoms with Gasteiger partial charge in [0.15, 0.2) is 0 Å². The summed E-state index contributed by atoms with van der Waals surface area (Å²) < 4.78 is 0. The summed E-state index contributed by atoms with van der Waals surface area (Å²) in [4.78, 5) is 7.07. The fourth-order valence-electron chi connectivity index (χ4n) is 2.77. The lowest BCUT2D eigenvalue weighted by Gasteiger charge is -2.22. The van der Waals surface area contributed by atoms with E-state index in [-0.39, 0.29) is 0 Å². The van der Waals surface area contributed by atoms with Crippen LogP contribution in [0.1, 0.15) is 31.7 Å². The summed E-state index contributed by atoms with van der Waals surface area (Å²) >= 11 is 6.43. The second-order valence-corrected chi connectivity index (χ2v) is 6.19. The predicted octanol–water partition coefficient (Wildman–Crippen LogP) is 4.51. The normalized spacial score (nSPS) is 15.2. The lowest BCUT2D eigenvalue weighted by Crippen LogP contribution is -2.26. The number of aromatic nitrogens is 1. The standard InChI is InChI=1S/C17H21ClN2/c1-2-10-20(11-13-5-6-13)12-15-16(18)8-7-14-4-3-9-19-17(14)15/h3-4,7-9,13H,2,5-6,10-12H2,1H3. The van der Waals surface area contributed by atoms with Gasteiger partial charge in [0.2, 0.25) is 0 Å². The second kappa shape index (κ2) is 6.11. The van der Waals surface area contributed by atoms with Crippen LogP contribution in [0.4, 0.5) is 0 Å². The van der Waals surface area contributed by atoms with Crippen LogP contribution in [0.15, 0.2) is 30.5 Å². The number of pyridine rings is 1. The molecule has 0 N–H and O–H groups in total. The highest BCUT2D eigenvalue weighted by Crippen LogP contribution is 2.31. The van der Waals surface area contributed by atoms with Crippen LogP contribution in [0.5, 0.6) is 0 Å². The molecule has 1 aromatic carbocycles. The van der Waals surface area contributed by atoms with E-state index in [1.807, 2.05) is 18.3 Å². The number of hydrogen-bond donors (Lipinski definition) is 0. The molecule has 0 radical (unpaired) electrons. The van der Waals surface area contributed by atoms with E-state index in [0.717, 1.165) is 29.5 Å². The van der Waals surface area contributed by atoms with Gasteiger partial charge >= 0.3 is 0 Å². The summed E-state index contributed by atoms with van der Waals surface area (Å²) in [7, 11) is 0. The van der Waals surface area contributed by atoms with Crippen molar-refractivity contribution < 1.29 is 0 Å². The summed E-state index contributed by atoms with van der Waals surface area (Å²) in [6.45, 7) is 5.49. The van der Waals surface area contributed by atoms with E-state index in [1.54, 1.807) is 0 Å². The fraction of sp³-hybridized carbons (Fsp3) is 0.471. The maximum Gasteiger partial charge on any atom is 0.0761 e. The Morgan fingerprint density at radius 2 is 2.15 bits per heavy atom. The van der Waals surface area contributed by atoms with Gasteiger partial charge in [0.1, 0.15) is 0 Å². The second-order valence-electron chi connectivity index (χ2n) is 5.78. The number of fused-ring (bicyclic) bond motifs is 1. The van der Waals surface area contributed by atoms with E-state index in [2.05, 4.69) is 28.9 Å². The molecule has 1 fully saturated rings. The van der Waals surface area contributed by atoms with Crippen LogP contribution in [0.25, 0.3) is 10.9 Å². The molecule has 0 atom stereocenters. The first-order valence-electron chi connectivity index (χ1n) is 7.52. The van der Waals surface area contributed by atoms with Gasteiger partial charge in [-0.1, -0.05) is 30.7 Å². The van der Waals surface area contributed by atoms with Gasteiger partial charge in [-0.05, 0) is 43.9 Å². The molecule has 0 saturated heterocycles. The molecule has 1 aliphatic carbocycles. The fourth-order valence-corrected chi connectivity index (χ4v) is 2.98. The average Bonchev–Trinajstić information content (AvgIpc) is 3.26. The van der Waals surface area contributed by atoms with Crippen molar-refractivity contribution in [2.75, 3.05) is 13.1 Å². The largest absolute Gasteiger partial charge is 0.299 e. The molecule has 0 unspecified atom stereocenters. The van der Waals surface area contributed by atoms with Crippen molar-refractivity contribution in [3.05, 3.63) is 41.0 Å². The third kappa shape index (κ3) is 3.13. The molecule has 1 saturated carbocycles. The van der Waals surface area contributed by atoms with Crippen LogP contribution in [-0.2, 0) is 6.54 Å². The number of rotatable bonds is 6. The lowest BCUT2D eigenvalue weighted by atomic mass is 10.1. The van der Waals surface area contributed by atoms with E-state index in [4.69, 9.17) is 11.6 Å². The van der Waals surface area contributed by atoms with Crippen molar-refractivity contribution in [2.24, 2.45) is 5.92 Å². The third-order valence-corrected chi connectivity index (χ3v) is 4.31. The Labute approximate surface area is 125 Å². The van der Waals surface area contributed by atoms with E-state index in [0.29, 0.717) is 0 Å². The molecule has 20 heavy (non-hydrogen) atoms. The molecule has 3 heteroatoms. The molecule has 1 aromatic heterocycles. The summed E-state index contributed by atoms with van der Waals surface area (Å²) in [5, 5.41) is 2.02. The van der Waals surface area contributed by atoms with Crippen molar-refractivity contribution in [1.29, 1.82) is 0 Å². The van der Waals surface area contributed by atoms with Gasteiger partial charge in [0, 0.05) is 35.3 Å². The molecular formula is C17H21ClN2. The van der Waals surface area contributed by atoms with Gasteiger partial charge in [-0.15, -0.1) is 0 Å². The van der Waals surface area contributed by atoms with Crippen molar-refractivity contribution in [3.63, 3.8) is 0 Å². The minimum absolute atomic E-state index is 0.841. The highest BCUT2D eigenvalue weighted by molar-refractivity contribution is 6.32. The van der Waals surface area contributed by atoms with Gasteiger partial charge in [0.05, 0.1) is 5.52 Å². The molecule has 3 rings (SSSR count). The maximum atomic E-state index is 6.43. The summed E-state index contributed by atoms with van der Waals surface area (Å²) in [5.74, 6) is 0.906. The van der Waals surface area contributed by atoms with Crippen molar-refractivity contribution in [3.8, 4) is 0 Å². The van der Waals surface area contributed by atoms with Crippen LogP contribution in [-0.4, -0.2) is 23.0 Å². The molecule has 0 bridgehead atoms. The molecular weight excluding hydrogens is 268 g/mol. The maximum absolute atomic E-state index is 6.43. The Bertz CT molecular complexity index is 593. The highest BCUT2D eigenvalue weighted by atomic mass is 35.5. The topological polar surface area (TPSA) is 16.1 Å². The SMILES string of the molecule is CCCN(Cc1c(Cl)ccc2cccnc12)CC1CC1. The lowest BCUT2D eigenvalue weighted by molar-refractivity contribution is 0.256. The minimum atomic E-state index is 0.841. The van der Waals surface area contributed by atoms with E-state index in [9.17, 15) is 0 Å². The third-order valence-electron chi connectivity index (χ3n) is 3.96. The molecule has 2 aromatic rings. The zero-order valence-corrected chi connectivity index (χ0v) is 12.7. The predicted molar refractivity (Wildman–Crippen MR) is 85.0 cm³/mol. The van der Waals surface area contributed by atoms with Crippen LogP contribution >= 0.6 is 11.6 Å². The quantitative estimate of drug-likeness (QED) is 0.777. The van der Waals surface area contributed by atoms with Crippen LogP contribution in [0.3, 0.4) is 0 Å². The van der Waals surface area contributed by atoms with Crippen LogP contribution < -0.4 is 0 Å². The van der Waals surface area contributed by atoms with E-state index < -0.39 is 0 Å². The Hall–Kier alpha value is -1.12. The number of hydrogen-bond acceptors (Lipinski definition) is 2. The molecule has 0 aliphatic heterocycles. The Morgan fingerprint density at radius 1 is 1.30 bits per heavy atom. The molecule has 2 nitrogen and oxygen atoms in total. The molecule has 1 heterocycles. The van der Waals surface area contributed by atoms with Gasteiger partial charge in [0.25, 0.3) is 0 Å². The van der Waals surface area contributed by atoms with Gasteiger partial charge in [-0.3, -0.25) is 9.88 Å². The van der Waals surface area contributed by atoms with Crippen LogP contribution in [0, 0.1) is 5.92 Å². The summed E-state index contributed by atoms with van der Waals surface area (Å²) in [5.41, 5.74) is 2.23. The monoisotopic (exact) mass is 288 g/mol. The van der Waals surface area contributed by atoms with E-state index >= 15 is 0 Å². The molecule has 106 valence electrons. The summed E-state index contributed by atoms with van der Waals surface area (Å²) in [6, 6.07) is 8.14.